The van der Waals surface area contributed by atoms with Crippen molar-refractivity contribution < 1.29 is 0 Å². The molecule has 76 valence electrons. The summed E-state index contributed by atoms with van der Waals surface area (Å²) in [5.41, 5.74) is 2.17. The van der Waals surface area contributed by atoms with Crippen molar-refractivity contribution in [3.63, 3.8) is 0 Å². The highest BCUT2D eigenvalue weighted by atomic mass is 14.9. The van der Waals surface area contributed by atoms with Crippen molar-refractivity contribution in [2.75, 3.05) is 6.54 Å². The zero-order chi connectivity index (χ0) is 10.4. The van der Waals surface area contributed by atoms with Gasteiger partial charge in [0, 0.05) is 5.69 Å². The maximum atomic E-state index is 4.50. The van der Waals surface area contributed by atoms with E-state index in [4.69, 9.17) is 0 Å². The average Bonchev–Trinajstić information content (AvgIpc) is 2.17. The summed E-state index contributed by atoms with van der Waals surface area (Å²) < 4.78 is 0. The van der Waals surface area contributed by atoms with E-state index in [1.807, 2.05) is 25.1 Å². The lowest BCUT2D eigenvalue weighted by Crippen LogP contribution is -2.21. The minimum absolute atomic E-state index is 0.303. The molecular formula is C12H18N2. The standard InChI is InChI=1S/C12H18N2/c1-4-7-11(13-5-2)12-9-6-8-10(3)14-12/h4,6,8-9,11,13H,1,5,7H2,2-3H3. The van der Waals surface area contributed by atoms with Crippen LogP contribution >= 0.6 is 0 Å². The zero-order valence-electron chi connectivity index (χ0n) is 8.96. The third-order valence-corrected chi connectivity index (χ3v) is 2.12. The van der Waals surface area contributed by atoms with Crippen LogP contribution < -0.4 is 5.32 Å². The Labute approximate surface area is 86.1 Å². The van der Waals surface area contributed by atoms with Crippen LogP contribution in [0.4, 0.5) is 0 Å². The number of nitrogens with one attached hydrogen (secondary N) is 1. The topological polar surface area (TPSA) is 24.9 Å². The summed E-state index contributed by atoms with van der Waals surface area (Å²) in [5, 5.41) is 3.39. The summed E-state index contributed by atoms with van der Waals surface area (Å²) in [5.74, 6) is 0. The fourth-order valence-electron chi connectivity index (χ4n) is 1.48. The molecule has 1 unspecified atom stereocenters. The summed E-state index contributed by atoms with van der Waals surface area (Å²) in [6.45, 7) is 8.83. The molecule has 1 aromatic rings. The average molecular weight is 190 g/mol. The van der Waals surface area contributed by atoms with Gasteiger partial charge in [-0.15, -0.1) is 6.58 Å². The van der Waals surface area contributed by atoms with Gasteiger partial charge in [0.15, 0.2) is 0 Å². The smallest absolute Gasteiger partial charge is 0.0579 e. The predicted octanol–water partition coefficient (Wildman–Crippen LogP) is 2.62. The fourth-order valence-corrected chi connectivity index (χ4v) is 1.48. The number of aryl methyl sites for hydroxylation is 1. The molecule has 0 aliphatic heterocycles. The number of hydrogen-bond donors (Lipinski definition) is 1. The summed E-state index contributed by atoms with van der Waals surface area (Å²) >= 11 is 0. The molecule has 0 aromatic carbocycles. The second kappa shape index (κ2) is 5.55. The normalized spacial score (nSPS) is 12.4. The molecule has 1 atom stereocenters. The summed E-state index contributed by atoms with van der Waals surface area (Å²) in [4.78, 5) is 4.50. The van der Waals surface area contributed by atoms with Crippen molar-refractivity contribution in [1.82, 2.24) is 10.3 Å². The molecule has 0 fully saturated rings. The van der Waals surface area contributed by atoms with Gasteiger partial charge in [-0.25, -0.2) is 0 Å². The molecule has 2 heteroatoms. The molecule has 0 spiro atoms. The maximum Gasteiger partial charge on any atom is 0.0579 e. The van der Waals surface area contributed by atoms with E-state index in [0.717, 1.165) is 24.4 Å². The molecule has 0 aliphatic rings. The lowest BCUT2D eigenvalue weighted by Gasteiger charge is -2.15. The number of nitrogens with zero attached hydrogens (tertiary/aromatic N) is 1. The van der Waals surface area contributed by atoms with E-state index in [9.17, 15) is 0 Å². The van der Waals surface area contributed by atoms with Gasteiger partial charge in [-0.3, -0.25) is 4.98 Å². The van der Waals surface area contributed by atoms with Crippen LogP contribution in [0.3, 0.4) is 0 Å². The van der Waals surface area contributed by atoms with E-state index < -0.39 is 0 Å². The Balaban J connectivity index is 2.80. The Morgan fingerprint density at radius 2 is 2.36 bits per heavy atom. The third kappa shape index (κ3) is 2.96. The quantitative estimate of drug-likeness (QED) is 0.722. The van der Waals surface area contributed by atoms with Crippen LogP contribution in [-0.2, 0) is 0 Å². The summed E-state index contributed by atoms with van der Waals surface area (Å²) in [6.07, 6.45) is 2.85. The Bertz CT molecular complexity index is 294. The van der Waals surface area contributed by atoms with Crippen LogP contribution in [0.25, 0.3) is 0 Å². The molecule has 1 aromatic heterocycles. The minimum atomic E-state index is 0.303. The summed E-state index contributed by atoms with van der Waals surface area (Å²) in [6, 6.07) is 6.42. The first-order valence-corrected chi connectivity index (χ1v) is 5.05. The molecule has 0 saturated carbocycles. The lowest BCUT2D eigenvalue weighted by atomic mass is 10.1. The van der Waals surface area contributed by atoms with Crippen LogP contribution in [0.1, 0.15) is 30.8 Å². The van der Waals surface area contributed by atoms with Crippen molar-refractivity contribution in [3.8, 4) is 0 Å². The molecule has 0 aliphatic carbocycles. The monoisotopic (exact) mass is 190 g/mol. The Morgan fingerprint density at radius 1 is 1.57 bits per heavy atom. The number of rotatable bonds is 5. The molecular weight excluding hydrogens is 172 g/mol. The first-order valence-electron chi connectivity index (χ1n) is 5.05. The Morgan fingerprint density at radius 3 is 2.93 bits per heavy atom. The molecule has 1 rings (SSSR count). The van der Waals surface area contributed by atoms with Crippen molar-refractivity contribution in [3.05, 3.63) is 42.2 Å². The first-order chi connectivity index (χ1) is 6.77. The largest absolute Gasteiger partial charge is 0.309 e. The van der Waals surface area contributed by atoms with Crippen LogP contribution in [0.5, 0.6) is 0 Å². The van der Waals surface area contributed by atoms with Gasteiger partial charge in [-0.2, -0.15) is 0 Å². The molecule has 1 N–H and O–H groups in total. The van der Waals surface area contributed by atoms with E-state index in [1.54, 1.807) is 0 Å². The van der Waals surface area contributed by atoms with Crippen LogP contribution in [-0.4, -0.2) is 11.5 Å². The van der Waals surface area contributed by atoms with Crippen LogP contribution in [0.15, 0.2) is 30.9 Å². The van der Waals surface area contributed by atoms with Crippen LogP contribution in [0, 0.1) is 6.92 Å². The number of aromatic nitrogens is 1. The highest BCUT2D eigenvalue weighted by Gasteiger charge is 2.08. The molecule has 2 nitrogen and oxygen atoms in total. The van der Waals surface area contributed by atoms with Gasteiger partial charge in [-0.1, -0.05) is 19.1 Å². The van der Waals surface area contributed by atoms with Gasteiger partial charge in [0.25, 0.3) is 0 Å². The van der Waals surface area contributed by atoms with Crippen molar-refractivity contribution in [2.24, 2.45) is 0 Å². The highest BCUT2D eigenvalue weighted by molar-refractivity contribution is 5.14. The van der Waals surface area contributed by atoms with Crippen molar-refractivity contribution in [1.29, 1.82) is 0 Å². The van der Waals surface area contributed by atoms with Crippen molar-refractivity contribution >= 4 is 0 Å². The van der Waals surface area contributed by atoms with Gasteiger partial charge in [0.05, 0.1) is 11.7 Å². The Kier molecular flexibility index (Phi) is 4.33. The van der Waals surface area contributed by atoms with E-state index in [1.165, 1.54) is 0 Å². The molecule has 1 heterocycles. The molecule has 0 bridgehead atoms. The molecule has 14 heavy (non-hydrogen) atoms. The Hall–Kier alpha value is -1.15. The summed E-state index contributed by atoms with van der Waals surface area (Å²) in [7, 11) is 0. The zero-order valence-corrected chi connectivity index (χ0v) is 8.96. The van der Waals surface area contributed by atoms with Gasteiger partial charge in [0.2, 0.25) is 0 Å². The van der Waals surface area contributed by atoms with Gasteiger partial charge < -0.3 is 5.32 Å². The van der Waals surface area contributed by atoms with E-state index in [0.29, 0.717) is 6.04 Å². The number of hydrogen-bond acceptors (Lipinski definition) is 2. The molecule has 0 saturated heterocycles. The van der Waals surface area contributed by atoms with Crippen molar-refractivity contribution in [2.45, 2.75) is 26.3 Å². The molecule has 0 radical (unpaired) electrons. The van der Waals surface area contributed by atoms with E-state index in [-0.39, 0.29) is 0 Å². The third-order valence-electron chi connectivity index (χ3n) is 2.12. The minimum Gasteiger partial charge on any atom is -0.309 e. The van der Waals surface area contributed by atoms with Gasteiger partial charge in [-0.05, 0) is 32.0 Å². The fraction of sp³-hybridized carbons (Fsp3) is 0.417. The predicted molar refractivity (Wildman–Crippen MR) is 60.2 cm³/mol. The van der Waals surface area contributed by atoms with Crippen LogP contribution in [0.2, 0.25) is 0 Å². The van der Waals surface area contributed by atoms with Gasteiger partial charge in [0.1, 0.15) is 0 Å². The number of pyridine rings is 1. The molecule has 0 amide bonds. The van der Waals surface area contributed by atoms with E-state index >= 15 is 0 Å². The maximum absolute atomic E-state index is 4.50. The second-order valence-electron chi connectivity index (χ2n) is 3.34. The second-order valence-corrected chi connectivity index (χ2v) is 3.34. The van der Waals surface area contributed by atoms with Gasteiger partial charge >= 0.3 is 0 Å². The highest BCUT2D eigenvalue weighted by Crippen LogP contribution is 2.14. The first kappa shape index (κ1) is 10.9. The lowest BCUT2D eigenvalue weighted by molar-refractivity contribution is 0.544. The van der Waals surface area contributed by atoms with E-state index in [2.05, 4.69) is 29.9 Å². The SMILES string of the molecule is C=CCC(NCC)c1cccc(C)n1.